The highest BCUT2D eigenvalue weighted by atomic mass is 16.3. The maximum Gasteiger partial charge on any atom is 0.0837 e. The molecule has 0 aliphatic carbocycles. The lowest BCUT2D eigenvalue weighted by atomic mass is 10.00. The van der Waals surface area contributed by atoms with Crippen molar-refractivity contribution in [3.8, 4) is 0 Å². The van der Waals surface area contributed by atoms with Crippen LogP contribution < -0.4 is 5.43 Å². The smallest absolute Gasteiger partial charge is 0.0837 e. The van der Waals surface area contributed by atoms with E-state index in [0.717, 1.165) is 5.56 Å². The lowest BCUT2D eigenvalue weighted by molar-refractivity contribution is 0.352. The summed E-state index contributed by atoms with van der Waals surface area (Å²) in [4.78, 5) is 0. The van der Waals surface area contributed by atoms with E-state index in [4.69, 9.17) is 5.11 Å². The van der Waals surface area contributed by atoms with Gasteiger partial charge in [-0.2, -0.15) is 10.2 Å². The van der Waals surface area contributed by atoms with Crippen LogP contribution in [0.15, 0.2) is 17.5 Å². The molecule has 0 aliphatic heterocycles. The van der Waals surface area contributed by atoms with Crippen molar-refractivity contribution in [1.29, 1.82) is 0 Å². The van der Waals surface area contributed by atoms with Gasteiger partial charge in [-0.25, -0.2) is 0 Å². The largest absolute Gasteiger partial charge is 0.390 e. The highest BCUT2D eigenvalue weighted by Gasteiger charge is 2.13. The number of hydrazone groups is 1. The van der Waals surface area contributed by atoms with Crippen LogP contribution in [0.2, 0.25) is 0 Å². The zero-order valence-electron chi connectivity index (χ0n) is 8.73. The molecule has 0 saturated carbocycles. The fourth-order valence-corrected chi connectivity index (χ4v) is 1.27. The third-order valence-corrected chi connectivity index (χ3v) is 2.14. The molecule has 2 N–H and O–H groups in total. The Morgan fingerprint density at radius 2 is 2.50 bits per heavy atom. The molecular weight excluding hydrogens is 180 g/mol. The Labute approximate surface area is 83.4 Å². The van der Waals surface area contributed by atoms with Gasteiger partial charge in [0.1, 0.15) is 0 Å². The monoisotopic (exact) mass is 196 g/mol. The van der Waals surface area contributed by atoms with Crippen LogP contribution in [0.25, 0.3) is 0 Å². The van der Waals surface area contributed by atoms with Gasteiger partial charge in [0, 0.05) is 26.2 Å². The average Bonchev–Trinajstić information content (AvgIpc) is 2.60. The van der Waals surface area contributed by atoms with Crippen molar-refractivity contribution in [3.63, 3.8) is 0 Å². The van der Waals surface area contributed by atoms with Gasteiger partial charge < -0.3 is 10.5 Å². The molecule has 1 aromatic heterocycles. The molecule has 78 valence electrons. The molecule has 0 fully saturated rings. The van der Waals surface area contributed by atoms with Gasteiger partial charge in [0.05, 0.1) is 18.5 Å². The first-order valence-corrected chi connectivity index (χ1v) is 4.51. The molecule has 5 heteroatoms. The summed E-state index contributed by atoms with van der Waals surface area (Å²) in [5, 5.41) is 17.2. The highest BCUT2D eigenvalue weighted by molar-refractivity contribution is 5.91. The van der Waals surface area contributed by atoms with Crippen molar-refractivity contribution in [3.05, 3.63) is 18.0 Å². The minimum absolute atomic E-state index is 0.0447. The van der Waals surface area contributed by atoms with Crippen molar-refractivity contribution in [2.24, 2.45) is 12.1 Å². The number of rotatable bonds is 4. The van der Waals surface area contributed by atoms with Gasteiger partial charge in [-0.3, -0.25) is 4.68 Å². The molecule has 1 unspecified atom stereocenters. The van der Waals surface area contributed by atoms with Crippen LogP contribution in [-0.4, -0.2) is 34.3 Å². The maximum absolute atomic E-state index is 9.10. The van der Waals surface area contributed by atoms with Crippen LogP contribution in [0.4, 0.5) is 0 Å². The van der Waals surface area contributed by atoms with Crippen LogP contribution in [0.5, 0.6) is 0 Å². The predicted octanol–water partition coefficient (Wildman–Crippen LogP) is 0.0913. The third-order valence-electron chi connectivity index (χ3n) is 2.14. The summed E-state index contributed by atoms with van der Waals surface area (Å²) in [6, 6.07) is 0. The van der Waals surface area contributed by atoms with E-state index in [-0.39, 0.29) is 12.5 Å². The lowest BCUT2D eigenvalue weighted by Crippen LogP contribution is -2.17. The van der Waals surface area contributed by atoms with Crippen molar-refractivity contribution < 1.29 is 5.11 Å². The van der Waals surface area contributed by atoms with E-state index in [0.29, 0.717) is 5.71 Å². The fraction of sp³-hybridized carbons (Fsp3) is 0.556. The van der Waals surface area contributed by atoms with E-state index in [1.165, 1.54) is 0 Å². The molecule has 1 heterocycles. The Bertz CT molecular complexity index is 318. The number of aliphatic hydroxyl groups excluding tert-OH is 1. The minimum Gasteiger partial charge on any atom is -0.390 e. The van der Waals surface area contributed by atoms with Crippen molar-refractivity contribution in [2.45, 2.75) is 12.8 Å². The Hall–Kier alpha value is -1.36. The molecule has 0 aliphatic rings. The highest BCUT2D eigenvalue weighted by Crippen LogP contribution is 2.15. The van der Waals surface area contributed by atoms with Crippen molar-refractivity contribution in [2.75, 3.05) is 13.7 Å². The minimum atomic E-state index is -0.0447. The molecule has 0 bridgehead atoms. The summed E-state index contributed by atoms with van der Waals surface area (Å²) in [6.07, 6.45) is 3.71. The predicted molar refractivity (Wildman–Crippen MR) is 55.2 cm³/mol. The molecule has 5 nitrogen and oxygen atoms in total. The summed E-state index contributed by atoms with van der Waals surface area (Å²) in [5.41, 5.74) is 4.44. The van der Waals surface area contributed by atoms with E-state index in [1.807, 2.05) is 20.2 Å². The molecule has 1 rings (SSSR count). The molecule has 0 saturated heterocycles. The molecule has 1 atom stereocenters. The van der Waals surface area contributed by atoms with Gasteiger partial charge in [-0.15, -0.1) is 0 Å². The van der Waals surface area contributed by atoms with E-state index in [2.05, 4.69) is 15.6 Å². The van der Waals surface area contributed by atoms with E-state index < -0.39 is 0 Å². The summed E-state index contributed by atoms with van der Waals surface area (Å²) in [7, 11) is 3.58. The van der Waals surface area contributed by atoms with Gasteiger partial charge in [-0.1, -0.05) is 6.92 Å². The normalized spacial score (nSPS) is 14.1. The van der Waals surface area contributed by atoms with E-state index >= 15 is 0 Å². The van der Waals surface area contributed by atoms with E-state index in [9.17, 15) is 0 Å². The molecule has 0 aromatic carbocycles. The number of nitrogens with one attached hydrogen (secondary N) is 1. The van der Waals surface area contributed by atoms with Crippen LogP contribution in [0, 0.1) is 0 Å². The van der Waals surface area contributed by atoms with Gasteiger partial charge in [0.2, 0.25) is 0 Å². The number of hydrogen-bond donors (Lipinski definition) is 2. The quantitative estimate of drug-likeness (QED) is 0.530. The van der Waals surface area contributed by atoms with Gasteiger partial charge in [0.15, 0.2) is 0 Å². The summed E-state index contributed by atoms with van der Waals surface area (Å²) >= 11 is 0. The Kier molecular flexibility index (Phi) is 3.64. The number of aliphatic hydroxyl groups is 1. The summed E-state index contributed by atoms with van der Waals surface area (Å²) < 4.78 is 1.74. The number of aromatic nitrogens is 2. The Morgan fingerprint density at radius 3 is 2.93 bits per heavy atom. The standard InChI is InChI=1S/C9H16N4O/c1-7(9(6-14)12-10-2)8-4-11-13(3)5-8/h4-5,7,10,14H,6H2,1-3H3/b12-9-. The van der Waals surface area contributed by atoms with Crippen LogP contribution in [0.3, 0.4) is 0 Å². The van der Waals surface area contributed by atoms with Crippen molar-refractivity contribution >= 4 is 5.71 Å². The zero-order valence-corrected chi connectivity index (χ0v) is 8.73. The first kappa shape index (κ1) is 10.7. The fourth-order valence-electron chi connectivity index (χ4n) is 1.27. The zero-order chi connectivity index (χ0) is 10.6. The molecule has 0 radical (unpaired) electrons. The summed E-state index contributed by atoms with van der Waals surface area (Å²) in [5.74, 6) is 0.0844. The number of hydrogen-bond acceptors (Lipinski definition) is 4. The molecular formula is C9H16N4O. The number of aryl methyl sites for hydroxylation is 1. The van der Waals surface area contributed by atoms with Crippen LogP contribution >= 0.6 is 0 Å². The SMILES string of the molecule is CN/N=C(/CO)C(C)c1cnn(C)c1. The van der Waals surface area contributed by atoms with Crippen LogP contribution in [0.1, 0.15) is 18.4 Å². The Morgan fingerprint density at radius 1 is 1.79 bits per heavy atom. The van der Waals surface area contributed by atoms with Gasteiger partial charge >= 0.3 is 0 Å². The first-order chi connectivity index (χ1) is 6.69. The van der Waals surface area contributed by atoms with Gasteiger partial charge in [0.25, 0.3) is 0 Å². The second kappa shape index (κ2) is 4.76. The molecule has 0 amide bonds. The summed E-state index contributed by atoms with van der Waals surface area (Å²) in [6.45, 7) is 1.94. The Balaban J connectivity index is 2.82. The molecule has 1 aromatic rings. The molecule has 14 heavy (non-hydrogen) atoms. The molecule has 0 spiro atoms. The topological polar surface area (TPSA) is 62.4 Å². The first-order valence-electron chi connectivity index (χ1n) is 4.51. The number of nitrogens with zero attached hydrogens (tertiary/aromatic N) is 3. The van der Waals surface area contributed by atoms with E-state index in [1.54, 1.807) is 17.9 Å². The van der Waals surface area contributed by atoms with Crippen LogP contribution in [-0.2, 0) is 7.05 Å². The average molecular weight is 196 g/mol. The second-order valence-corrected chi connectivity index (χ2v) is 3.15. The van der Waals surface area contributed by atoms with Gasteiger partial charge in [-0.05, 0) is 5.56 Å². The lowest BCUT2D eigenvalue weighted by Gasteiger charge is -2.10. The third kappa shape index (κ3) is 2.32. The second-order valence-electron chi connectivity index (χ2n) is 3.15. The van der Waals surface area contributed by atoms with Crippen molar-refractivity contribution in [1.82, 2.24) is 15.2 Å². The maximum atomic E-state index is 9.10.